The van der Waals surface area contributed by atoms with Gasteiger partial charge in [0.2, 0.25) is 0 Å². The Bertz CT molecular complexity index is 743. The molecule has 1 aliphatic heterocycles. The number of alkyl halides is 3. The second kappa shape index (κ2) is 6.06. The number of carbonyl (C=O) groups is 1. The average molecular weight is 351 g/mol. The molecule has 1 aliphatic rings. The fourth-order valence-electron chi connectivity index (χ4n) is 2.69. The summed E-state index contributed by atoms with van der Waals surface area (Å²) in [6, 6.07) is 0.994. The molecule has 1 amide bonds. The van der Waals surface area contributed by atoms with Crippen molar-refractivity contribution in [3.63, 3.8) is 0 Å². The molecule has 8 nitrogen and oxygen atoms in total. The summed E-state index contributed by atoms with van der Waals surface area (Å²) in [7, 11) is 0. The quantitative estimate of drug-likeness (QED) is 0.679. The lowest BCUT2D eigenvalue weighted by Crippen LogP contribution is -2.58. The zero-order valence-electron chi connectivity index (χ0n) is 12.8. The van der Waals surface area contributed by atoms with Crippen LogP contribution in [0.2, 0.25) is 0 Å². The van der Waals surface area contributed by atoms with Gasteiger partial charge < -0.3 is 15.2 Å². The van der Waals surface area contributed by atoms with Crippen LogP contribution in [0.4, 0.5) is 13.2 Å². The molecule has 0 aromatic carbocycles. The summed E-state index contributed by atoms with van der Waals surface area (Å²) in [6.07, 6.45) is -6.33. The monoisotopic (exact) mass is 351 g/mol. The summed E-state index contributed by atoms with van der Waals surface area (Å²) in [5, 5.41) is 11.2. The van der Waals surface area contributed by atoms with Crippen LogP contribution in [-0.4, -0.2) is 45.0 Å². The third kappa shape index (κ3) is 3.08. The molecule has 4 atom stereocenters. The zero-order valence-corrected chi connectivity index (χ0v) is 12.8. The number of hydrogen-bond donors (Lipinski definition) is 3. The predicted octanol–water partition coefficient (Wildman–Crippen LogP) is -0.500. The van der Waals surface area contributed by atoms with Crippen molar-refractivity contribution < 1.29 is 27.8 Å². The number of amides is 1. The summed E-state index contributed by atoms with van der Waals surface area (Å²) in [5.41, 5.74) is -3.25. The molecular formula is C13H16F3N3O5. The highest BCUT2D eigenvalue weighted by molar-refractivity contribution is 5.82. The summed E-state index contributed by atoms with van der Waals surface area (Å²) in [6.45, 7) is 2.24. The van der Waals surface area contributed by atoms with Gasteiger partial charge in [0.1, 0.15) is 0 Å². The van der Waals surface area contributed by atoms with Crippen LogP contribution >= 0.6 is 0 Å². The largest absolute Gasteiger partial charge is 0.471 e. The van der Waals surface area contributed by atoms with Crippen molar-refractivity contribution in [3.05, 3.63) is 33.1 Å². The molecule has 0 radical (unpaired) electrons. The molecule has 2 rings (SSSR count). The van der Waals surface area contributed by atoms with E-state index in [-0.39, 0.29) is 0 Å². The van der Waals surface area contributed by atoms with E-state index in [0.717, 1.165) is 16.8 Å². The number of carbonyl (C=O) groups excluding carboxylic acids is 1. The van der Waals surface area contributed by atoms with Crippen LogP contribution in [0.25, 0.3) is 0 Å². The maximum Gasteiger partial charge on any atom is 0.471 e. The van der Waals surface area contributed by atoms with Gasteiger partial charge in [-0.1, -0.05) is 6.92 Å². The van der Waals surface area contributed by atoms with Crippen molar-refractivity contribution in [1.82, 2.24) is 14.9 Å². The highest BCUT2D eigenvalue weighted by atomic mass is 19.4. The van der Waals surface area contributed by atoms with E-state index < -0.39 is 53.7 Å². The van der Waals surface area contributed by atoms with Crippen LogP contribution in [0.15, 0.2) is 21.9 Å². The van der Waals surface area contributed by atoms with Gasteiger partial charge in [0.15, 0.2) is 6.23 Å². The molecule has 1 aromatic heterocycles. The van der Waals surface area contributed by atoms with E-state index in [2.05, 4.69) is 0 Å². The van der Waals surface area contributed by atoms with Gasteiger partial charge in [-0.2, -0.15) is 13.2 Å². The van der Waals surface area contributed by atoms with Gasteiger partial charge in [-0.05, 0) is 6.92 Å². The number of aliphatic hydroxyl groups excluding tert-OH is 1. The molecule has 1 saturated heterocycles. The van der Waals surface area contributed by atoms with E-state index in [4.69, 9.17) is 4.74 Å². The Labute approximate surface area is 133 Å². The molecule has 0 bridgehead atoms. The summed E-state index contributed by atoms with van der Waals surface area (Å²) in [5.74, 6) is -2.95. The Morgan fingerprint density at radius 1 is 1.50 bits per heavy atom. The van der Waals surface area contributed by atoms with Crippen molar-refractivity contribution >= 4 is 5.91 Å². The SMILES string of the molecule is C[C@@H]1[C@@H](CO)O[C@@H](n2ccc(=O)[nH]c2=O)[C@]1(C)NC(=O)C(F)(F)F. The number of nitrogens with zero attached hydrogens (tertiary/aromatic N) is 1. The fourth-order valence-corrected chi connectivity index (χ4v) is 2.69. The van der Waals surface area contributed by atoms with E-state index in [0.29, 0.717) is 0 Å². The van der Waals surface area contributed by atoms with Crippen LogP contribution < -0.4 is 16.6 Å². The van der Waals surface area contributed by atoms with Crippen molar-refractivity contribution in [2.24, 2.45) is 5.92 Å². The number of ether oxygens (including phenoxy) is 1. The van der Waals surface area contributed by atoms with Gasteiger partial charge in [0, 0.05) is 18.2 Å². The third-order valence-corrected chi connectivity index (χ3v) is 4.24. The predicted molar refractivity (Wildman–Crippen MR) is 74.1 cm³/mol. The first-order valence-corrected chi connectivity index (χ1v) is 6.98. The van der Waals surface area contributed by atoms with E-state index in [1.54, 1.807) is 0 Å². The molecule has 3 N–H and O–H groups in total. The summed E-state index contributed by atoms with van der Waals surface area (Å²) < 4.78 is 44.2. The van der Waals surface area contributed by atoms with Gasteiger partial charge in [-0.15, -0.1) is 0 Å². The first-order chi connectivity index (χ1) is 11.0. The molecular weight excluding hydrogens is 335 g/mol. The smallest absolute Gasteiger partial charge is 0.394 e. The Morgan fingerprint density at radius 3 is 2.62 bits per heavy atom. The maximum absolute atomic E-state index is 12.6. The van der Waals surface area contributed by atoms with Crippen molar-refractivity contribution in [2.45, 2.75) is 37.9 Å². The highest BCUT2D eigenvalue weighted by Gasteiger charge is 2.55. The Hall–Kier alpha value is -2.14. The molecule has 0 unspecified atom stereocenters. The molecule has 0 aliphatic carbocycles. The number of halogens is 3. The topological polar surface area (TPSA) is 113 Å². The molecule has 134 valence electrons. The number of aromatic nitrogens is 2. The average Bonchev–Trinajstić information content (AvgIpc) is 2.70. The van der Waals surface area contributed by atoms with Crippen molar-refractivity contribution in [3.8, 4) is 0 Å². The minimum atomic E-state index is -5.12. The number of hydrogen-bond acceptors (Lipinski definition) is 5. The Kier molecular flexibility index (Phi) is 4.59. The molecule has 0 saturated carbocycles. The van der Waals surface area contributed by atoms with Crippen LogP contribution in [0, 0.1) is 5.92 Å². The second-order valence-corrected chi connectivity index (χ2v) is 5.75. The molecule has 1 aromatic rings. The standard InChI is InChI=1S/C13H16F3N3O5/c1-6-7(5-20)24-10(19-4-3-8(21)17-11(19)23)12(6,2)18-9(22)13(14,15)16/h3-4,6-7,10,20H,5H2,1-2H3,(H,18,22)(H,17,21,23)/t6-,7-,10-,12-/m1/s1. The Morgan fingerprint density at radius 2 is 2.12 bits per heavy atom. The third-order valence-electron chi connectivity index (χ3n) is 4.24. The van der Waals surface area contributed by atoms with Crippen molar-refractivity contribution in [2.75, 3.05) is 6.61 Å². The Balaban J connectivity index is 2.49. The lowest BCUT2D eigenvalue weighted by atomic mass is 9.84. The minimum absolute atomic E-state index is 0.521. The van der Waals surface area contributed by atoms with Gasteiger partial charge in [-0.25, -0.2) is 4.79 Å². The number of aromatic amines is 1. The minimum Gasteiger partial charge on any atom is -0.394 e. The van der Waals surface area contributed by atoms with E-state index in [9.17, 15) is 32.7 Å². The number of aliphatic hydroxyl groups is 1. The lowest BCUT2D eigenvalue weighted by Gasteiger charge is -2.35. The lowest BCUT2D eigenvalue weighted by molar-refractivity contribution is -0.177. The first-order valence-electron chi connectivity index (χ1n) is 6.98. The van der Waals surface area contributed by atoms with Gasteiger partial charge in [0.05, 0.1) is 18.2 Å². The molecule has 24 heavy (non-hydrogen) atoms. The zero-order chi connectivity index (χ0) is 18.3. The first kappa shape index (κ1) is 18.2. The van der Waals surface area contributed by atoms with Gasteiger partial charge in [0.25, 0.3) is 5.56 Å². The van der Waals surface area contributed by atoms with Crippen LogP contribution in [-0.2, 0) is 9.53 Å². The molecule has 2 heterocycles. The number of rotatable bonds is 3. The van der Waals surface area contributed by atoms with Crippen LogP contribution in [0.1, 0.15) is 20.1 Å². The normalized spacial score (nSPS) is 30.3. The van der Waals surface area contributed by atoms with Crippen LogP contribution in [0.5, 0.6) is 0 Å². The highest BCUT2D eigenvalue weighted by Crippen LogP contribution is 2.42. The number of nitrogens with one attached hydrogen (secondary N) is 2. The van der Waals surface area contributed by atoms with Crippen LogP contribution in [0.3, 0.4) is 0 Å². The van der Waals surface area contributed by atoms with Gasteiger partial charge >= 0.3 is 17.8 Å². The van der Waals surface area contributed by atoms with E-state index in [1.807, 2.05) is 10.3 Å². The van der Waals surface area contributed by atoms with E-state index >= 15 is 0 Å². The summed E-state index contributed by atoms with van der Waals surface area (Å²) in [4.78, 5) is 36.4. The maximum atomic E-state index is 12.6. The second-order valence-electron chi connectivity index (χ2n) is 5.75. The summed E-state index contributed by atoms with van der Waals surface area (Å²) >= 11 is 0. The van der Waals surface area contributed by atoms with Crippen molar-refractivity contribution in [1.29, 1.82) is 0 Å². The van der Waals surface area contributed by atoms with Gasteiger partial charge in [-0.3, -0.25) is 19.1 Å². The van der Waals surface area contributed by atoms with E-state index in [1.165, 1.54) is 13.8 Å². The molecule has 0 spiro atoms. The molecule has 11 heteroatoms. The molecule has 1 fully saturated rings. The fraction of sp³-hybridized carbons (Fsp3) is 0.615. The number of H-pyrrole nitrogens is 1.